The normalized spacial score (nSPS) is 16.2. The van der Waals surface area contributed by atoms with Gasteiger partial charge in [-0.1, -0.05) is 40.5 Å². The Morgan fingerprint density at radius 1 is 1.08 bits per heavy atom. The van der Waals surface area contributed by atoms with Crippen molar-refractivity contribution >= 4 is 22.9 Å². The summed E-state index contributed by atoms with van der Waals surface area (Å²) in [5, 5.41) is 4.13. The number of aryl methyl sites for hydroxylation is 1. The molecule has 0 amide bonds. The van der Waals surface area contributed by atoms with Gasteiger partial charge in [0.25, 0.3) is 0 Å². The number of rotatable bonds is 5. The van der Waals surface area contributed by atoms with Crippen LogP contribution in [0, 0.1) is 6.92 Å². The average molecular weight is 389 g/mol. The Kier molecular flexibility index (Phi) is 5.36. The van der Waals surface area contributed by atoms with Crippen molar-refractivity contribution in [1.29, 1.82) is 0 Å². The van der Waals surface area contributed by atoms with Gasteiger partial charge < -0.3 is 4.52 Å². The van der Waals surface area contributed by atoms with Crippen molar-refractivity contribution in [2.75, 3.05) is 26.2 Å². The van der Waals surface area contributed by atoms with Crippen LogP contribution in [0.3, 0.4) is 0 Å². The second-order valence-corrected chi connectivity index (χ2v) is 8.44. The van der Waals surface area contributed by atoms with Crippen molar-refractivity contribution in [1.82, 2.24) is 19.9 Å². The summed E-state index contributed by atoms with van der Waals surface area (Å²) < 4.78 is 6.32. The summed E-state index contributed by atoms with van der Waals surface area (Å²) in [6.45, 7) is 7.82. The van der Waals surface area contributed by atoms with E-state index in [4.69, 9.17) is 16.1 Å². The van der Waals surface area contributed by atoms with Crippen molar-refractivity contribution in [2.24, 2.45) is 0 Å². The number of hydrogen-bond donors (Lipinski definition) is 0. The van der Waals surface area contributed by atoms with Crippen LogP contribution in [0.2, 0.25) is 4.34 Å². The van der Waals surface area contributed by atoms with Gasteiger partial charge in [-0.25, -0.2) is 0 Å². The molecule has 7 heteroatoms. The largest absolute Gasteiger partial charge is 0.338 e. The van der Waals surface area contributed by atoms with E-state index in [1.54, 1.807) is 11.3 Å². The molecule has 0 atom stereocenters. The first-order valence-corrected chi connectivity index (χ1v) is 9.94. The zero-order valence-electron chi connectivity index (χ0n) is 14.7. The third kappa shape index (κ3) is 4.32. The Morgan fingerprint density at radius 3 is 2.54 bits per heavy atom. The molecule has 3 heterocycles. The number of nitrogens with zero attached hydrogens (tertiary/aromatic N) is 4. The van der Waals surface area contributed by atoms with E-state index in [-0.39, 0.29) is 0 Å². The number of hydrogen-bond acceptors (Lipinski definition) is 6. The fourth-order valence-corrected chi connectivity index (χ4v) is 4.30. The van der Waals surface area contributed by atoms with Gasteiger partial charge in [-0.05, 0) is 25.1 Å². The van der Waals surface area contributed by atoms with Gasteiger partial charge in [-0.15, -0.1) is 11.3 Å². The lowest BCUT2D eigenvalue weighted by Crippen LogP contribution is -2.45. The molecule has 3 aromatic rings. The van der Waals surface area contributed by atoms with Crippen LogP contribution in [-0.4, -0.2) is 46.1 Å². The van der Waals surface area contributed by atoms with E-state index in [0.717, 1.165) is 42.6 Å². The van der Waals surface area contributed by atoms with Gasteiger partial charge in [0, 0.05) is 43.2 Å². The van der Waals surface area contributed by atoms with E-state index in [2.05, 4.69) is 45.1 Å². The van der Waals surface area contributed by atoms with Crippen LogP contribution in [0.25, 0.3) is 11.4 Å². The molecule has 1 aliphatic heterocycles. The van der Waals surface area contributed by atoms with Crippen LogP contribution in [0.1, 0.15) is 16.3 Å². The molecule has 4 rings (SSSR count). The first kappa shape index (κ1) is 17.7. The summed E-state index contributed by atoms with van der Waals surface area (Å²) in [5.74, 6) is 1.34. The summed E-state index contributed by atoms with van der Waals surface area (Å²) in [6, 6.07) is 12.3. The van der Waals surface area contributed by atoms with Gasteiger partial charge in [0.15, 0.2) is 0 Å². The van der Waals surface area contributed by atoms with Gasteiger partial charge in [-0.2, -0.15) is 4.98 Å². The molecule has 26 heavy (non-hydrogen) atoms. The van der Waals surface area contributed by atoms with Crippen LogP contribution < -0.4 is 0 Å². The average Bonchev–Trinajstić information content (AvgIpc) is 3.26. The Bertz CT molecular complexity index is 870. The third-order valence-corrected chi connectivity index (χ3v) is 5.79. The van der Waals surface area contributed by atoms with E-state index in [0.29, 0.717) is 18.3 Å². The molecular formula is C19H21ClN4OS. The third-order valence-electron chi connectivity index (χ3n) is 4.58. The Balaban J connectivity index is 1.30. The lowest BCUT2D eigenvalue weighted by atomic mass is 10.1. The molecule has 0 radical (unpaired) electrons. The molecule has 0 aliphatic carbocycles. The number of benzene rings is 1. The number of thiophene rings is 1. The smallest absolute Gasteiger partial charge is 0.241 e. The predicted octanol–water partition coefficient (Wildman–Crippen LogP) is 4.08. The molecule has 1 aliphatic rings. The van der Waals surface area contributed by atoms with Crippen LogP contribution in [-0.2, 0) is 13.1 Å². The van der Waals surface area contributed by atoms with Crippen molar-refractivity contribution in [3.8, 4) is 11.4 Å². The summed E-state index contributed by atoms with van der Waals surface area (Å²) in [7, 11) is 0. The van der Waals surface area contributed by atoms with Gasteiger partial charge in [0.1, 0.15) is 0 Å². The summed E-state index contributed by atoms with van der Waals surface area (Å²) in [4.78, 5) is 10.7. The topological polar surface area (TPSA) is 45.4 Å². The predicted molar refractivity (Wildman–Crippen MR) is 104 cm³/mol. The fourth-order valence-electron chi connectivity index (χ4n) is 3.17. The van der Waals surface area contributed by atoms with E-state index in [1.165, 1.54) is 10.4 Å². The molecule has 0 saturated carbocycles. The Hall–Kier alpha value is -1.73. The molecule has 0 N–H and O–H groups in total. The summed E-state index contributed by atoms with van der Waals surface area (Å²) in [5.41, 5.74) is 2.19. The highest BCUT2D eigenvalue weighted by Crippen LogP contribution is 2.23. The second kappa shape index (κ2) is 7.88. The first-order valence-electron chi connectivity index (χ1n) is 8.74. The standard InChI is InChI=1S/C19H21ClN4OS/c1-14-3-2-4-15(11-14)19-21-18(25-22-19)13-24-9-7-23(8-10-24)12-16-5-6-17(20)26-16/h2-6,11H,7-10,12-13H2,1H3. The minimum absolute atomic E-state index is 0.664. The quantitative estimate of drug-likeness (QED) is 0.659. The molecule has 5 nitrogen and oxygen atoms in total. The number of aromatic nitrogens is 2. The maximum absolute atomic E-state index is 6.01. The maximum atomic E-state index is 6.01. The molecule has 0 unspecified atom stereocenters. The summed E-state index contributed by atoms with van der Waals surface area (Å²) in [6.07, 6.45) is 0. The molecular weight excluding hydrogens is 368 g/mol. The van der Waals surface area contributed by atoms with E-state index >= 15 is 0 Å². The lowest BCUT2D eigenvalue weighted by Gasteiger charge is -2.33. The highest BCUT2D eigenvalue weighted by molar-refractivity contribution is 7.16. The van der Waals surface area contributed by atoms with E-state index < -0.39 is 0 Å². The van der Waals surface area contributed by atoms with E-state index in [1.807, 2.05) is 18.2 Å². The van der Waals surface area contributed by atoms with Crippen molar-refractivity contribution in [3.05, 3.63) is 57.1 Å². The molecule has 2 aromatic heterocycles. The number of piperazine rings is 1. The maximum Gasteiger partial charge on any atom is 0.241 e. The highest BCUT2D eigenvalue weighted by atomic mass is 35.5. The molecule has 1 fully saturated rings. The minimum atomic E-state index is 0.664. The van der Waals surface area contributed by atoms with Crippen molar-refractivity contribution < 1.29 is 4.52 Å². The summed E-state index contributed by atoms with van der Waals surface area (Å²) >= 11 is 7.68. The van der Waals surface area contributed by atoms with Gasteiger partial charge >= 0.3 is 0 Å². The molecule has 1 aromatic carbocycles. The number of halogens is 1. The zero-order chi connectivity index (χ0) is 17.9. The van der Waals surface area contributed by atoms with Crippen LogP contribution in [0.4, 0.5) is 0 Å². The molecule has 0 bridgehead atoms. The molecule has 0 spiro atoms. The fraction of sp³-hybridized carbons (Fsp3) is 0.368. The first-order chi connectivity index (χ1) is 12.7. The minimum Gasteiger partial charge on any atom is -0.338 e. The van der Waals surface area contributed by atoms with Crippen LogP contribution >= 0.6 is 22.9 Å². The van der Waals surface area contributed by atoms with Gasteiger partial charge in [-0.3, -0.25) is 9.80 Å². The monoisotopic (exact) mass is 388 g/mol. The Morgan fingerprint density at radius 2 is 1.85 bits per heavy atom. The highest BCUT2D eigenvalue weighted by Gasteiger charge is 2.20. The molecule has 1 saturated heterocycles. The zero-order valence-corrected chi connectivity index (χ0v) is 16.3. The van der Waals surface area contributed by atoms with Gasteiger partial charge in [0.05, 0.1) is 10.9 Å². The lowest BCUT2D eigenvalue weighted by molar-refractivity contribution is 0.113. The van der Waals surface area contributed by atoms with Crippen LogP contribution in [0.5, 0.6) is 0 Å². The van der Waals surface area contributed by atoms with Crippen LogP contribution in [0.15, 0.2) is 40.9 Å². The molecule has 136 valence electrons. The second-order valence-electron chi connectivity index (χ2n) is 6.64. The van der Waals surface area contributed by atoms with Gasteiger partial charge in [0.2, 0.25) is 11.7 Å². The SMILES string of the molecule is Cc1cccc(-c2noc(CN3CCN(Cc4ccc(Cl)s4)CC3)n2)c1. The van der Waals surface area contributed by atoms with Crippen molar-refractivity contribution in [2.45, 2.75) is 20.0 Å². The van der Waals surface area contributed by atoms with E-state index in [9.17, 15) is 0 Å². The Labute approximate surface area is 162 Å². The van der Waals surface area contributed by atoms with Crippen molar-refractivity contribution in [3.63, 3.8) is 0 Å².